The summed E-state index contributed by atoms with van der Waals surface area (Å²) < 4.78 is 11.8. The van der Waals surface area contributed by atoms with E-state index in [9.17, 15) is 0 Å². The Balaban J connectivity index is 1.96. The Morgan fingerprint density at radius 2 is 1.21 bits per heavy atom. The van der Waals surface area contributed by atoms with Crippen molar-refractivity contribution in [3.05, 3.63) is 34.4 Å². The van der Waals surface area contributed by atoms with Gasteiger partial charge in [0.15, 0.2) is 0 Å². The minimum absolute atomic E-state index is 0.245. The van der Waals surface area contributed by atoms with Crippen molar-refractivity contribution in [1.29, 1.82) is 0 Å². The van der Waals surface area contributed by atoms with Gasteiger partial charge in [-0.25, -0.2) is 9.98 Å². The zero-order chi connectivity index (χ0) is 17.4. The molecule has 1 aromatic carbocycles. The van der Waals surface area contributed by atoms with E-state index in [4.69, 9.17) is 19.5 Å². The standard InChI is InChI=1S/C20H28N2O2/c1-11(2)17-9-23-19(21-17)15-8-16(14(6)7-13(15)5)20-22-18(10-24-20)12(3)4/h7-8,11-12,17-18H,9-10H2,1-6H3/t17-,18+. The van der Waals surface area contributed by atoms with E-state index in [0.29, 0.717) is 25.0 Å². The zero-order valence-corrected chi connectivity index (χ0v) is 15.6. The lowest BCUT2D eigenvalue weighted by Crippen LogP contribution is -2.13. The number of hydrogen-bond acceptors (Lipinski definition) is 4. The fourth-order valence-corrected chi connectivity index (χ4v) is 3.07. The maximum atomic E-state index is 5.88. The average molecular weight is 328 g/mol. The lowest BCUT2D eigenvalue weighted by molar-refractivity contribution is 0.291. The highest BCUT2D eigenvalue weighted by atomic mass is 16.5. The molecule has 4 heteroatoms. The van der Waals surface area contributed by atoms with Gasteiger partial charge in [-0.15, -0.1) is 0 Å². The molecule has 0 radical (unpaired) electrons. The molecule has 0 aromatic heterocycles. The molecule has 130 valence electrons. The summed E-state index contributed by atoms with van der Waals surface area (Å²) in [4.78, 5) is 9.55. The van der Waals surface area contributed by atoms with E-state index in [-0.39, 0.29) is 12.1 Å². The molecule has 24 heavy (non-hydrogen) atoms. The van der Waals surface area contributed by atoms with Crippen molar-refractivity contribution < 1.29 is 9.47 Å². The molecule has 0 saturated heterocycles. The van der Waals surface area contributed by atoms with Gasteiger partial charge < -0.3 is 9.47 Å². The van der Waals surface area contributed by atoms with Crippen molar-refractivity contribution in [1.82, 2.24) is 0 Å². The second-order valence-electron chi connectivity index (χ2n) is 7.60. The zero-order valence-electron chi connectivity index (χ0n) is 15.6. The van der Waals surface area contributed by atoms with Crippen molar-refractivity contribution in [2.75, 3.05) is 13.2 Å². The van der Waals surface area contributed by atoms with Gasteiger partial charge in [-0.05, 0) is 42.9 Å². The first kappa shape index (κ1) is 17.0. The smallest absolute Gasteiger partial charge is 0.216 e. The fraction of sp³-hybridized carbons (Fsp3) is 0.600. The summed E-state index contributed by atoms with van der Waals surface area (Å²) in [5, 5.41) is 0. The van der Waals surface area contributed by atoms with E-state index in [1.807, 2.05) is 0 Å². The van der Waals surface area contributed by atoms with Gasteiger partial charge in [0.2, 0.25) is 11.8 Å². The summed E-state index contributed by atoms with van der Waals surface area (Å²) in [6.45, 7) is 14.3. The van der Waals surface area contributed by atoms with Crippen LogP contribution in [-0.4, -0.2) is 37.1 Å². The van der Waals surface area contributed by atoms with E-state index >= 15 is 0 Å². The van der Waals surface area contributed by atoms with Gasteiger partial charge in [0, 0.05) is 11.1 Å². The first-order valence-corrected chi connectivity index (χ1v) is 8.90. The second kappa shape index (κ2) is 6.58. The highest BCUT2D eigenvalue weighted by Gasteiger charge is 2.27. The summed E-state index contributed by atoms with van der Waals surface area (Å²) >= 11 is 0. The van der Waals surface area contributed by atoms with Gasteiger partial charge in [-0.1, -0.05) is 33.8 Å². The van der Waals surface area contributed by atoms with Crippen LogP contribution in [0.15, 0.2) is 22.1 Å². The molecule has 0 saturated carbocycles. The molecule has 2 heterocycles. The number of hydrogen-bond donors (Lipinski definition) is 0. The van der Waals surface area contributed by atoms with Crippen LogP contribution in [0.3, 0.4) is 0 Å². The number of nitrogens with zero attached hydrogens (tertiary/aromatic N) is 2. The summed E-state index contributed by atoms with van der Waals surface area (Å²) in [7, 11) is 0. The SMILES string of the molecule is Cc1cc(C)c(C2=N[C@@H](C(C)C)CO2)cc1C1=N[C@H](C(C)C)CO1. The molecule has 0 spiro atoms. The van der Waals surface area contributed by atoms with Crippen LogP contribution >= 0.6 is 0 Å². The second-order valence-corrected chi connectivity index (χ2v) is 7.60. The molecule has 0 aliphatic carbocycles. The van der Waals surface area contributed by atoms with E-state index in [1.54, 1.807) is 0 Å². The normalized spacial score (nSPS) is 23.3. The third-order valence-electron chi connectivity index (χ3n) is 4.92. The van der Waals surface area contributed by atoms with Crippen LogP contribution in [-0.2, 0) is 9.47 Å². The molecule has 0 amide bonds. The van der Waals surface area contributed by atoms with E-state index < -0.39 is 0 Å². The summed E-state index contributed by atoms with van der Waals surface area (Å²) in [5.74, 6) is 2.49. The predicted molar refractivity (Wildman–Crippen MR) is 98.1 cm³/mol. The van der Waals surface area contributed by atoms with Gasteiger partial charge >= 0.3 is 0 Å². The number of aliphatic imine (C=N–C) groups is 2. The number of ether oxygens (including phenoxy) is 2. The molecule has 1 aromatic rings. The Morgan fingerprint density at radius 3 is 1.54 bits per heavy atom. The average Bonchev–Trinajstić information content (AvgIpc) is 3.16. The Morgan fingerprint density at radius 1 is 0.792 bits per heavy atom. The molecule has 2 atom stereocenters. The molecule has 3 rings (SSSR count). The van der Waals surface area contributed by atoms with Gasteiger partial charge in [-0.2, -0.15) is 0 Å². The number of rotatable bonds is 4. The molecular weight excluding hydrogens is 300 g/mol. The highest BCUT2D eigenvalue weighted by molar-refractivity contribution is 6.02. The largest absolute Gasteiger partial charge is 0.475 e. The molecule has 0 N–H and O–H groups in total. The topological polar surface area (TPSA) is 43.2 Å². The van der Waals surface area contributed by atoms with Crippen molar-refractivity contribution >= 4 is 11.8 Å². The van der Waals surface area contributed by atoms with Crippen LogP contribution in [0.4, 0.5) is 0 Å². The Labute approximate surface area is 145 Å². The molecule has 2 aliphatic rings. The molecular formula is C20H28N2O2. The number of benzene rings is 1. The van der Waals surface area contributed by atoms with Crippen LogP contribution in [0.25, 0.3) is 0 Å². The fourth-order valence-electron chi connectivity index (χ4n) is 3.07. The molecule has 0 fully saturated rings. The maximum Gasteiger partial charge on any atom is 0.216 e. The first-order chi connectivity index (χ1) is 11.4. The summed E-state index contributed by atoms with van der Waals surface area (Å²) in [5.41, 5.74) is 4.47. The van der Waals surface area contributed by atoms with Crippen molar-refractivity contribution in [3.8, 4) is 0 Å². The van der Waals surface area contributed by atoms with Crippen LogP contribution in [0.2, 0.25) is 0 Å². The Kier molecular flexibility index (Phi) is 4.66. The van der Waals surface area contributed by atoms with Gasteiger partial charge in [0.25, 0.3) is 0 Å². The molecule has 0 bridgehead atoms. The quantitative estimate of drug-likeness (QED) is 0.841. The third-order valence-corrected chi connectivity index (χ3v) is 4.92. The molecule has 4 nitrogen and oxygen atoms in total. The van der Waals surface area contributed by atoms with Gasteiger partial charge in [-0.3, -0.25) is 0 Å². The molecule has 0 unspecified atom stereocenters. The first-order valence-electron chi connectivity index (χ1n) is 8.90. The van der Waals surface area contributed by atoms with Crippen LogP contribution in [0.1, 0.15) is 49.9 Å². The summed E-state index contributed by atoms with van der Waals surface area (Å²) in [6.07, 6.45) is 0. The Hall–Kier alpha value is -1.84. The number of aryl methyl sites for hydroxylation is 2. The van der Waals surface area contributed by atoms with Crippen molar-refractivity contribution in [2.24, 2.45) is 21.8 Å². The molecule has 2 aliphatic heterocycles. The minimum atomic E-state index is 0.245. The predicted octanol–water partition coefficient (Wildman–Crippen LogP) is 3.91. The summed E-state index contributed by atoms with van der Waals surface area (Å²) in [6, 6.07) is 4.80. The lowest BCUT2D eigenvalue weighted by atomic mass is 9.99. The van der Waals surface area contributed by atoms with E-state index in [1.165, 1.54) is 11.1 Å². The minimum Gasteiger partial charge on any atom is -0.475 e. The lowest BCUT2D eigenvalue weighted by Gasteiger charge is -2.12. The van der Waals surface area contributed by atoms with Crippen molar-refractivity contribution in [2.45, 2.75) is 53.6 Å². The van der Waals surface area contributed by atoms with Gasteiger partial charge in [0.1, 0.15) is 13.2 Å². The van der Waals surface area contributed by atoms with Gasteiger partial charge in [0.05, 0.1) is 12.1 Å². The van der Waals surface area contributed by atoms with Crippen molar-refractivity contribution in [3.63, 3.8) is 0 Å². The Bertz CT molecular complexity index is 634. The van der Waals surface area contributed by atoms with E-state index in [2.05, 4.69) is 53.7 Å². The van der Waals surface area contributed by atoms with E-state index in [0.717, 1.165) is 22.9 Å². The van der Waals surface area contributed by atoms with Crippen LogP contribution in [0, 0.1) is 25.7 Å². The third kappa shape index (κ3) is 3.19. The van der Waals surface area contributed by atoms with Crippen LogP contribution in [0.5, 0.6) is 0 Å². The van der Waals surface area contributed by atoms with Crippen LogP contribution < -0.4 is 0 Å². The highest BCUT2D eigenvalue weighted by Crippen LogP contribution is 2.25. The maximum absolute atomic E-state index is 5.88. The monoisotopic (exact) mass is 328 g/mol.